The van der Waals surface area contributed by atoms with Gasteiger partial charge in [-0.3, -0.25) is 4.68 Å². The Morgan fingerprint density at radius 1 is 1.41 bits per heavy atom. The molecule has 0 bridgehead atoms. The van der Waals surface area contributed by atoms with Crippen molar-refractivity contribution in [3.05, 3.63) is 18.0 Å². The minimum absolute atomic E-state index is 0.331. The van der Waals surface area contributed by atoms with Gasteiger partial charge in [-0.2, -0.15) is 5.10 Å². The van der Waals surface area contributed by atoms with E-state index in [0.29, 0.717) is 11.8 Å². The third-order valence-electron chi connectivity index (χ3n) is 4.25. The van der Waals surface area contributed by atoms with Crippen molar-refractivity contribution in [3.63, 3.8) is 0 Å². The number of aliphatic hydroxyl groups excluding tert-OH is 1. The standard InChI is InChI=1S/C14H24N2O/c1-3-11-7-5-6-8-12(11)14(17)13-9-10-15-16(13)4-2/h9-12,14,17H,3-8H2,1-2H3. The van der Waals surface area contributed by atoms with Gasteiger partial charge in [-0.15, -0.1) is 0 Å². The van der Waals surface area contributed by atoms with Crippen molar-refractivity contribution in [1.29, 1.82) is 0 Å². The van der Waals surface area contributed by atoms with Gasteiger partial charge in [-0.05, 0) is 31.2 Å². The fourth-order valence-corrected chi connectivity index (χ4v) is 3.24. The minimum Gasteiger partial charge on any atom is -0.387 e. The van der Waals surface area contributed by atoms with E-state index in [-0.39, 0.29) is 6.10 Å². The molecule has 0 saturated heterocycles. The highest BCUT2D eigenvalue weighted by Gasteiger charge is 2.31. The molecule has 17 heavy (non-hydrogen) atoms. The van der Waals surface area contributed by atoms with Gasteiger partial charge in [-0.1, -0.05) is 32.6 Å². The number of aryl methyl sites for hydroxylation is 1. The van der Waals surface area contributed by atoms with Gasteiger partial charge < -0.3 is 5.11 Å². The summed E-state index contributed by atoms with van der Waals surface area (Å²) in [5.74, 6) is 1.11. The van der Waals surface area contributed by atoms with Crippen LogP contribution in [0.3, 0.4) is 0 Å². The Hall–Kier alpha value is -0.830. The Kier molecular flexibility index (Phi) is 4.21. The van der Waals surface area contributed by atoms with E-state index in [9.17, 15) is 5.11 Å². The summed E-state index contributed by atoms with van der Waals surface area (Å²) in [6, 6.07) is 1.97. The van der Waals surface area contributed by atoms with Crippen molar-refractivity contribution < 1.29 is 5.11 Å². The number of aliphatic hydroxyl groups is 1. The zero-order chi connectivity index (χ0) is 12.3. The van der Waals surface area contributed by atoms with E-state index in [1.807, 2.05) is 10.7 Å². The fourth-order valence-electron chi connectivity index (χ4n) is 3.24. The molecule has 3 atom stereocenters. The first-order valence-electron chi connectivity index (χ1n) is 6.97. The van der Waals surface area contributed by atoms with Crippen LogP contribution in [0.5, 0.6) is 0 Å². The highest BCUT2D eigenvalue weighted by molar-refractivity contribution is 5.07. The van der Waals surface area contributed by atoms with Crippen LogP contribution in [0.15, 0.2) is 12.3 Å². The molecule has 1 aromatic rings. The lowest BCUT2D eigenvalue weighted by atomic mass is 9.74. The predicted octanol–water partition coefficient (Wildman–Crippen LogP) is 3.15. The van der Waals surface area contributed by atoms with Crippen molar-refractivity contribution in [2.24, 2.45) is 11.8 Å². The van der Waals surface area contributed by atoms with Crippen molar-refractivity contribution in [2.75, 3.05) is 0 Å². The molecule has 1 saturated carbocycles. The van der Waals surface area contributed by atoms with Gasteiger partial charge >= 0.3 is 0 Å². The maximum absolute atomic E-state index is 10.6. The van der Waals surface area contributed by atoms with E-state index < -0.39 is 0 Å². The summed E-state index contributed by atoms with van der Waals surface area (Å²) < 4.78 is 1.92. The smallest absolute Gasteiger partial charge is 0.0987 e. The summed E-state index contributed by atoms with van der Waals surface area (Å²) in [6.07, 6.45) is 7.68. The van der Waals surface area contributed by atoms with E-state index >= 15 is 0 Å². The predicted molar refractivity (Wildman–Crippen MR) is 68.6 cm³/mol. The molecule has 2 rings (SSSR count). The highest BCUT2D eigenvalue weighted by atomic mass is 16.3. The summed E-state index contributed by atoms with van der Waals surface area (Å²) >= 11 is 0. The number of nitrogens with zero attached hydrogens (tertiary/aromatic N) is 2. The second-order valence-electron chi connectivity index (χ2n) is 5.13. The molecule has 96 valence electrons. The average molecular weight is 236 g/mol. The van der Waals surface area contributed by atoms with Gasteiger partial charge in [0.15, 0.2) is 0 Å². The first kappa shape index (κ1) is 12.6. The van der Waals surface area contributed by atoms with Gasteiger partial charge in [-0.25, -0.2) is 0 Å². The minimum atomic E-state index is -0.331. The van der Waals surface area contributed by atoms with Crippen molar-refractivity contribution >= 4 is 0 Å². The van der Waals surface area contributed by atoms with E-state index in [1.165, 1.54) is 25.7 Å². The van der Waals surface area contributed by atoms with Gasteiger partial charge in [0.1, 0.15) is 0 Å². The first-order chi connectivity index (χ1) is 8.27. The highest BCUT2D eigenvalue weighted by Crippen LogP contribution is 2.40. The maximum Gasteiger partial charge on any atom is 0.0987 e. The van der Waals surface area contributed by atoms with Crippen molar-refractivity contribution in [2.45, 2.75) is 58.6 Å². The van der Waals surface area contributed by atoms with Crippen LogP contribution in [0.25, 0.3) is 0 Å². The zero-order valence-corrected chi connectivity index (χ0v) is 11.0. The van der Waals surface area contributed by atoms with E-state index in [0.717, 1.165) is 18.7 Å². The molecule has 1 aliphatic rings. The lowest BCUT2D eigenvalue weighted by Gasteiger charge is -2.34. The van der Waals surface area contributed by atoms with Gasteiger partial charge in [0.25, 0.3) is 0 Å². The summed E-state index contributed by atoms with van der Waals surface area (Å²) in [7, 11) is 0. The van der Waals surface area contributed by atoms with Crippen LogP contribution in [-0.4, -0.2) is 14.9 Å². The summed E-state index contributed by atoms with van der Waals surface area (Å²) in [5.41, 5.74) is 0.998. The van der Waals surface area contributed by atoms with Crippen LogP contribution < -0.4 is 0 Å². The van der Waals surface area contributed by atoms with E-state index in [4.69, 9.17) is 0 Å². The SMILES string of the molecule is CCC1CCCCC1C(O)c1ccnn1CC. The largest absolute Gasteiger partial charge is 0.387 e. The van der Waals surface area contributed by atoms with Gasteiger partial charge in [0.2, 0.25) is 0 Å². The van der Waals surface area contributed by atoms with Crippen LogP contribution in [0.4, 0.5) is 0 Å². The molecule has 0 aromatic carbocycles. The molecule has 1 aliphatic carbocycles. The molecule has 1 heterocycles. The Labute approximate surface area is 104 Å². The Balaban J connectivity index is 2.15. The van der Waals surface area contributed by atoms with Crippen LogP contribution >= 0.6 is 0 Å². The maximum atomic E-state index is 10.6. The van der Waals surface area contributed by atoms with E-state index in [2.05, 4.69) is 18.9 Å². The molecule has 0 spiro atoms. The topological polar surface area (TPSA) is 38.1 Å². The van der Waals surface area contributed by atoms with Crippen LogP contribution in [-0.2, 0) is 6.54 Å². The first-order valence-corrected chi connectivity index (χ1v) is 6.97. The van der Waals surface area contributed by atoms with Crippen LogP contribution in [0.1, 0.15) is 57.7 Å². The molecule has 0 radical (unpaired) electrons. The molecule has 3 heteroatoms. The molecule has 1 aromatic heterocycles. The average Bonchev–Trinajstić information content (AvgIpc) is 2.86. The quantitative estimate of drug-likeness (QED) is 0.872. The third kappa shape index (κ3) is 2.54. The van der Waals surface area contributed by atoms with Crippen LogP contribution in [0.2, 0.25) is 0 Å². The molecule has 3 nitrogen and oxygen atoms in total. The van der Waals surface area contributed by atoms with E-state index in [1.54, 1.807) is 6.20 Å². The Morgan fingerprint density at radius 2 is 2.18 bits per heavy atom. The Morgan fingerprint density at radius 3 is 2.88 bits per heavy atom. The van der Waals surface area contributed by atoms with Crippen molar-refractivity contribution in [1.82, 2.24) is 9.78 Å². The second-order valence-corrected chi connectivity index (χ2v) is 5.13. The Bertz CT molecular complexity index is 348. The molecule has 3 unspecified atom stereocenters. The molecule has 0 aliphatic heterocycles. The normalized spacial score (nSPS) is 27.0. The zero-order valence-electron chi connectivity index (χ0n) is 11.0. The molecule has 1 fully saturated rings. The monoisotopic (exact) mass is 236 g/mol. The number of hydrogen-bond donors (Lipinski definition) is 1. The number of rotatable bonds is 4. The lowest BCUT2D eigenvalue weighted by Crippen LogP contribution is -2.26. The number of hydrogen-bond acceptors (Lipinski definition) is 2. The second kappa shape index (κ2) is 5.67. The lowest BCUT2D eigenvalue weighted by molar-refractivity contribution is 0.0389. The molecular weight excluding hydrogens is 212 g/mol. The van der Waals surface area contributed by atoms with Gasteiger partial charge in [0, 0.05) is 12.7 Å². The van der Waals surface area contributed by atoms with Crippen LogP contribution in [0, 0.1) is 11.8 Å². The number of aromatic nitrogens is 2. The molecule has 1 N–H and O–H groups in total. The summed E-state index contributed by atoms with van der Waals surface area (Å²) in [6.45, 7) is 5.15. The van der Waals surface area contributed by atoms with Gasteiger partial charge in [0.05, 0.1) is 11.8 Å². The summed E-state index contributed by atoms with van der Waals surface area (Å²) in [4.78, 5) is 0. The summed E-state index contributed by atoms with van der Waals surface area (Å²) in [5, 5.41) is 14.8. The molecule has 0 amide bonds. The third-order valence-corrected chi connectivity index (χ3v) is 4.25. The fraction of sp³-hybridized carbons (Fsp3) is 0.786. The van der Waals surface area contributed by atoms with Crippen molar-refractivity contribution in [3.8, 4) is 0 Å². The molecular formula is C14H24N2O.